The number of rotatable bonds is 5. The van der Waals surface area contributed by atoms with Gasteiger partial charge < -0.3 is 19.9 Å². The molecule has 0 aromatic heterocycles. The Morgan fingerprint density at radius 2 is 2.29 bits per heavy atom. The summed E-state index contributed by atoms with van der Waals surface area (Å²) in [5.74, 6) is -0.516. The molecule has 2 unspecified atom stereocenters. The first-order chi connectivity index (χ1) is 9.95. The molecule has 2 N–H and O–H groups in total. The second-order valence-electron chi connectivity index (χ2n) is 5.39. The lowest BCUT2D eigenvalue weighted by Crippen LogP contribution is -2.50. The molecule has 6 heteroatoms. The van der Waals surface area contributed by atoms with Crippen molar-refractivity contribution in [3.63, 3.8) is 0 Å². The molecule has 0 aliphatic carbocycles. The van der Waals surface area contributed by atoms with Crippen LogP contribution >= 0.6 is 0 Å². The predicted octanol–water partition coefficient (Wildman–Crippen LogP) is 0.844. The first-order valence-electron chi connectivity index (χ1n) is 6.69. The van der Waals surface area contributed by atoms with Crippen LogP contribution in [-0.2, 0) is 20.7 Å². The lowest BCUT2D eigenvalue weighted by molar-refractivity contribution is -0.149. The number of methoxy groups -OCH3 is 1. The highest BCUT2D eigenvalue weighted by molar-refractivity contribution is 5.81. The van der Waals surface area contributed by atoms with Crippen molar-refractivity contribution >= 4 is 11.9 Å². The number of amides is 1. The number of hydrogen-bond donors (Lipinski definition) is 2. The van der Waals surface area contributed by atoms with E-state index in [9.17, 15) is 14.7 Å². The highest BCUT2D eigenvalue weighted by atomic mass is 16.5. The van der Waals surface area contributed by atoms with Crippen molar-refractivity contribution in [2.45, 2.75) is 19.4 Å². The van der Waals surface area contributed by atoms with Gasteiger partial charge in [0.15, 0.2) is 0 Å². The molecule has 2 atom stereocenters. The van der Waals surface area contributed by atoms with Crippen molar-refractivity contribution in [3.05, 3.63) is 29.8 Å². The predicted molar refractivity (Wildman–Crippen MR) is 75.2 cm³/mol. The number of carbonyl (C=O) groups is 2. The summed E-state index contributed by atoms with van der Waals surface area (Å²) in [6, 6.07) is 6.69. The summed E-state index contributed by atoms with van der Waals surface area (Å²) in [6.07, 6.45) is 0.170. The maximum atomic E-state index is 12.1. The van der Waals surface area contributed by atoms with E-state index < -0.39 is 17.4 Å². The van der Waals surface area contributed by atoms with Gasteiger partial charge >= 0.3 is 5.97 Å². The van der Waals surface area contributed by atoms with Crippen LogP contribution in [-0.4, -0.2) is 43.3 Å². The van der Waals surface area contributed by atoms with Crippen molar-refractivity contribution in [1.29, 1.82) is 0 Å². The molecule has 1 amide bonds. The average molecular weight is 293 g/mol. The standard InChI is InChI=1S/C15H19NO5/c1-15(14(18)19)9-21-8-12(15)16-13(17)7-10-4-3-5-11(6-10)20-2/h3-6,12H,7-9H2,1-2H3,(H,16,17)(H,18,19). The third-order valence-electron chi connectivity index (χ3n) is 3.78. The van der Waals surface area contributed by atoms with Crippen LogP contribution in [0.25, 0.3) is 0 Å². The van der Waals surface area contributed by atoms with Gasteiger partial charge in [-0.1, -0.05) is 12.1 Å². The monoisotopic (exact) mass is 293 g/mol. The van der Waals surface area contributed by atoms with Crippen molar-refractivity contribution in [2.75, 3.05) is 20.3 Å². The second-order valence-corrected chi connectivity index (χ2v) is 5.39. The molecule has 2 rings (SSSR count). The van der Waals surface area contributed by atoms with Crippen molar-refractivity contribution in [2.24, 2.45) is 5.41 Å². The number of hydrogen-bond acceptors (Lipinski definition) is 4. The van der Waals surface area contributed by atoms with Crippen LogP contribution in [0.5, 0.6) is 5.75 Å². The summed E-state index contributed by atoms with van der Waals surface area (Å²) in [4.78, 5) is 23.4. The van der Waals surface area contributed by atoms with E-state index in [1.807, 2.05) is 12.1 Å². The smallest absolute Gasteiger partial charge is 0.313 e. The van der Waals surface area contributed by atoms with Crippen LogP contribution in [0.15, 0.2) is 24.3 Å². The molecule has 1 aromatic rings. The van der Waals surface area contributed by atoms with E-state index in [2.05, 4.69) is 5.32 Å². The maximum absolute atomic E-state index is 12.1. The lowest BCUT2D eigenvalue weighted by atomic mass is 9.85. The minimum atomic E-state index is -1.08. The summed E-state index contributed by atoms with van der Waals surface area (Å²) < 4.78 is 10.3. The Balaban J connectivity index is 2.00. The van der Waals surface area contributed by atoms with E-state index in [4.69, 9.17) is 9.47 Å². The Bertz CT molecular complexity index is 545. The topological polar surface area (TPSA) is 84.9 Å². The van der Waals surface area contributed by atoms with Crippen LogP contribution in [0, 0.1) is 5.41 Å². The Kier molecular flexibility index (Phi) is 4.47. The fourth-order valence-electron chi connectivity index (χ4n) is 2.30. The molecule has 1 aliphatic rings. The minimum Gasteiger partial charge on any atom is -0.497 e. The summed E-state index contributed by atoms with van der Waals surface area (Å²) in [6.45, 7) is 1.90. The number of ether oxygens (including phenoxy) is 2. The molecule has 0 saturated carbocycles. The van der Waals surface area contributed by atoms with Gasteiger partial charge in [-0.25, -0.2) is 0 Å². The second kappa shape index (κ2) is 6.13. The SMILES string of the molecule is COc1cccc(CC(=O)NC2COCC2(C)C(=O)O)c1. The molecule has 6 nitrogen and oxygen atoms in total. The van der Waals surface area contributed by atoms with Crippen molar-refractivity contribution < 1.29 is 24.2 Å². The summed E-state index contributed by atoms with van der Waals surface area (Å²) in [5.41, 5.74) is -0.271. The molecule has 21 heavy (non-hydrogen) atoms. The van der Waals surface area contributed by atoms with Gasteiger partial charge in [-0.3, -0.25) is 9.59 Å². The van der Waals surface area contributed by atoms with Crippen LogP contribution in [0.3, 0.4) is 0 Å². The van der Waals surface area contributed by atoms with E-state index >= 15 is 0 Å². The van der Waals surface area contributed by atoms with Crippen LogP contribution in [0.2, 0.25) is 0 Å². The van der Waals surface area contributed by atoms with Gasteiger partial charge in [0.1, 0.15) is 11.2 Å². The van der Waals surface area contributed by atoms with E-state index in [-0.39, 0.29) is 25.5 Å². The third-order valence-corrected chi connectivity index (χ3v) is 3.78. The number of carboxylic acid groups (broad SMARTS) is 1. The Morgan fingerprint density at radius 1 is 1.52 bits per heavy atom. The zero-order chi connectivity index (χ0) is 15.5. The van der Waals surface area contributed by atoms with E-state index in [1.165, 1.54) is 0 Å². The molecular weight excluding hydrogens is 274 g/mol. The molecule has 1 saturated heterocycles. The van der Waals surface area contributed by atoms with E-state index in [1.54, 1.807) is 26.2 Å². The number of carbonyl (C=O) groups excluding carboxylic acids is 1. The van der Waals surface area contributed by atoms with Crippen molar-refractivity contribution in [3.8, 4) is 5.75 Å². The number of benzene rings is 1. The van der Waals surface area contributed by atoms with Gasteiger partial charge in [0.05, 0.1) is 32.8 Å². The molecule has 0 radical (unpaired) electrons. The maximum Gasteiger partial charge on any atom is 0.313 e. The number of nitrogens with one attached hydrogen (secondary N) is 1. The molecule has 1 aromatic carbocycles. The lowest BCUT2D eigenvalue weighted by Gasteiger charge is -2.25. The summed E-state index contributed by atoms with van der Waals surface area (Å²) in [5, 5.41) is 12.0. The van der Waals surface area contributed by atoms with Gasteiger partial charge in [0, 0.05) is 0 Å². The minimum absolute atomic E-state index is 0.104. The quantitative estimate of drug-likeness (QED) is 0.840. The molecule has 1 heterocycles. The fraction of sp³-hybridized carbons (Fsp3) is 0.467. The first kappa shape index (κ1) is 15.3. The average Bonchev–Trinajstić information content (AvgIpc) is 2.81. The molecule has 114 valence electrons. The summed E-state index contributed by atoms with van der Waals surface area (Å²) >= 11 is 0. The number of aliphatic carboxylic acids is 1. The normalized spacial score (nSPS) is 24.6. The van der Waals surface area contributed by atoms with Crippen LogP contribution in [0.1, 0.15) is 12.5 Å². The molecule has 0 bridgehead atoms. The molecule has 0 spiro atoms. The Labute approximate surface area is 123 Å². The molecular formula is C15H19NO5. The van der Waals surface area contributed by atoms with Gasteiger partial charge in [-0.2, -0.15) is 0 Å². The van der Waals surface area contributed by atoms with Crippen LogP contribution < -0.4 is 10.1 Å². The fourth-order valence-corrected chi connectivity index (χ4v) is 2.30. The van der Waals surface area contributed by atoms with Crippen LogP contribution in [0.4, 0.5) is 0 Å². The zero-order valence-corrected chi connectivity index (χ0v) is 12.1. The van der Waals surface area contributed by atoms with Gasteiger partial charge in [0.2, 0.25) is 5.91 Å². The third kappa shape index (κ3) is 3.33. The Morgan fingerprint density at radius 3 is 2.95 bits per heavy atom. The Hall–Kier alpha value is -2.08. The van der Waals surface area contributed by atoms with E-state index in [0.29, 0.717) is 5.75 Å². The first-order valence-corrected chi connectivity index (χ1v) is 6.69. The highest BCUT2D eigenvalue weighted by Gasteiger charge is 2.47. The largest absolute Gasteiger partial charge is 0.497 e. The van der Waals surface area contributed by atoms with Gasteiger partial charge in [0.25, 0.3) is 0 Å². The molecule has 1 fully saturated rings. The zero-order valence-electron chi connectivity index (χ0n) is 12.1. The molecule has 1 aliphatic heterocycles. The highest BCUT2D eigenvalue weighted by Crippen LogP contribution is 2.28. The van der Waals surface area contributed by atoms with Gasteiger partial charge in [-0.15, -0.1) is 0 Å². The summed E-state index contributed by atoms with van der Waals surface area (Å²) in [7, 11) is 1.56. The van der Waals surface area contributed by atoms with Crippen molar-refractivity contribution in [1.82, 2.24) is 5.32 Å². The number of carboxylic acids is 1. The van der Waals surface area contributed by atoms with E-state index in [0.717, 1.165) is 5.56 Å². The van der Waals surface area contributed by atoms with Gasteiger partial charge in [-0.05, 0) is 24.6 Å².